The highest BCUT2D eigenvalue weighted by Crippen LogP contribution is 2.00. The molecule has 0 aliphatic heterocycles. The molecule has 0 heterocycles. The lowest BCUT2D eigenvalue weighted by Crippen LogP contribution is -1.81. The molecule has 56 valence electrons. The minimum absolute atomic E-state index is 1.01. The minimum atomic E-state index is 1.01. The summed E-state index contributed by atoms with van der Waals surface area (Å²) in [5, 5.41) is 7.01. The molecule has 0 unspecified atom stereocenters. The summed E-state index contributed by atoms with van der Waals surface area (Å²) in [7, 11) is 0. The molecule has 10 heavy (non-hydrogen) atoms. The van der Waals surface area contributed by atoms with Gasteiger partial charge in [-0.05, 0) is 18.9 Å². The molecule has 1 nitrogen and oxygen atoms in total. The summed E-state index contributed by atoms with van der Waals surface area (Å²) in [6, 6.07) is 0. The van der Waals surface area contributed by atoms with Gasteiger partial charge in [0.05, 0.1) is 0 Å². The molecule has 0 fully saturated rings. The quantitative estimate of drug-likeness (QED) is 0.455. The van der Waals surface area contributed by atoms with Crippen LogP contribution in [0.2, 0.25) is 0 Å². The van der Waals surface area contributed by atoms with Gasteiger partial charge in [0, 0.05) is 6.21 Å². The Labute approximate surface area is 63.0 Å². The van der Waals surface area contributed by atoms with Gasteiger partial charge >= 0.3 is 0 Å². The van der Waals surface area contributed by atoms with Crippen molar-refractivity contribution in [1.82, 2.24) is 0 Å². The summed E-state index contributed by atoms with van der Waals surface area (Å²) in [5.74, 6) is 0. The highest BCUT2D eigenvalue weighted by Gasteiger charge is 1.86. The Hall–Kier alpha value is -0.850. The van der Waals surface area contributed by atoms with Crippen molar-refractivity contribution < 1.29 is 0 Å². The molecule has 0 rings (SSSR count). The first kappa shape index (κ1) is 9.15. The van der Waals surface area contributed by atoms with Crippen LogP contribution in [0.25, 0.3) is 0 Å². The van der Waals surface area contributed by atoms with E-state index < -0.39 is 0 Å². The van der Waals surface area contributed by atoms with E-state index in [4.69, 9.17) is 5.41 Å². The Morgan fingerprint density at radius 3 is 2.60 bits per heavy atom. The van der Waals surface area contributed by atoms with E-state index >= 15 is 0 Å². The van der Waals surface area contributed by atoms with Crippen LogP contribution >= 0.6 is 0 Å². The lowest BCUT2D eigenvalue weighted by molar-refractivity contribution is 0.938. The molecular weight excluding hydrogens is 122 g/mol. The standard InChI is InChI=1S/C9H15N/c1-3-5-7-9(8-10)6-4-2/h3,5,7-8,10H,4,6H2,1-2H3. The smallest absolute Gasteiger partial charge is 0.0209 e. The fraction of sp³-hybridized carbons (Fsp3) is 0.444. The summed E-state index contributed by atoms with van der Waals surface area (Å²) in [4.78, 5) is 0. The fourth-order valence-electron chi connectivity index (χ4n) is 0.712. The molecule has 0 atom stereocenters. The van der Waals surface area contributed by atoms with Crippen LogP contribution in [0.4, 0.5) is 0 Å². The molecule has 0 radical (unpaired) electrons. The summed E-state index contributed by atoms with van der Waals surface area (Å²) in [6.07, 6.45) is 9.46. The van der Waals surface area contributed by atoms with Crippen molar-refractivity contribution in [2.45, 2.75) is 26.7 Å². The first-order valence-electron chi connectivity index (χ1n) is 3.67. The van der Waals surface area contributed by atoms with Gasteiger partial charge in [0.25, 0.3) is 0 Å². The van der Waals surface area contributed by atoms with Crippen molar-refractivity contribution in [2.24, 2.45) is 0 Å². The average Bonchev–Trinajstić information content (AvgIpc) is 1.98. The first-order valence-corrected chi connectivity index (χ1v) is 3.67. The van der Waals surface area contributed by atoms with E-state index in [-0.39, 0.29) is 0 Å². The Kier molecular flexibility index (Phi) is 5.74. The molecule has 0 aliphatic rings. The predicted octanol–water partition coefficient (Wildman–Crippen LogP) is 2.94. The van der Waals surface area contributed by atoms with Gasteiger partial charge in [0.15, 0.2) is 0 Å². The molecule has 0 amide bonds. The molecule has 0 bridgehead atoms. The largest absolute Gasteiger partial charge is 0.308 e. The third-order valence-corrected chi connectivity index (χ3v) is 1.23. The summed E-state index contributed by atoms with van der Waals surface area (Å²) < 4.78 is 0. The van der Waals surface area contributed by atoms with Crippen LogP contribution in [0.3, 0.4) is 0 Å². The molecule has 0 saturated heterocycles. The lowest BCUT2D eigenvalue weighted by Gasteiger charge is -1.93. The summed E-state index contributed by atoms with van der Waals surface area (Å²) >= 11 is 0. The second-order valence-electron chi connectivity index (χ2n) is 2.16. The second-order valence-corrected chi connectivity index (χ2v) is 2.16. The predicted molar refractivity (Wildman–Crippen MR) is 46.6 cm³/mol. The zero-order valence-electron chi connectivity index (χ0n) is 6.72. The number of hydrogen-bond donors (Lipinski definition) is 1. The van der Waals surface area contributed by atoms with Crippen molar-refractivity contribution in [3.05, 3.63) is 23.8 Å². The van der Waals surface area contributed by atoms with Crippen LogP contribution in [0.1, 0.15) is 26.7 Å². The van der Waals surface area contributed by atoms with Crippen LogP contribution < -0.4 is 0 Å². The Balaban J connectivity index is 3.90. The van der Waals surface area contributed by atoms with Crippen LogP contribution in [0, 0.1) is 5.41 Å². The van der Waals surface area contributed by atoms with Gasteiger partial charge in [-0.15, -0.1) is 0 Å². The van der Waals surface area contributed by atoms with E-state index in [9.17, 15) is 0 Å². The highest BCUT2D eigenvalue weighted by atomic mass is 14.3. The van der Waals surface area contributed by atoms with E-state index in [2.05, 4.69) is 6.92 Å². The van der Waals surface area contributed by atoms with E-state index in [1.807, 2.05) is 25.2 Å². The van der Waals surface area contributed by atoms with Gasteiger partial charge in [0.2, 0.25) is 0 Å². The van der Waals surface area contributed by atoms with Crippen LogP contribution in [0.15, 0.2) is 23.8 Å². The van der Waals surface area contributed by atoms with Crippen molar-refractivity contribution in [1.29, 1.82) is 5.41 Å². The van der Waals surface area contributed by atoms with Gasteiger partial charge < -0.3 is 5.41 Å². The minimum Gasteiger partial charge on any atom is -0.308 e. The third kappa shape index (κ3) is 4.07. The normalized spacial score (nSPS) is 12.4. The topological polar surface area (TPSA) is 23.9 Å². The maximum absolute atomic E-state index is 7.01. The van der Waals surface area contributed by atoms with Crippen LogP contribution in [-0.2, 0) is 0 Å². The number of nitrogens with one attached hydrogen (secondary N) is 1. The van der Waals surface area contributed by atoms with Crippen molar-refractivity contribution in [2.75, 3.05) is 0 Å². The van der Waals surface area contributed by atoms with Crippen LogP contribution in [-0.4, -0.2) is 6.21 Å². The van der Waals surface area contributed by atoms with Crippen LogP contribution in [0.5, 0.6) is 0 Å². The molecular formula is C9H15N. The fourth-order valence-corrected chi connectivity index (χ4v) is 0.712. The number of hydrogen-bond acceptors (Lipinski definition) is 1. The molecule has 0 aromatic heterocycles. The second kappa shape index (κ2) is 6.27. The van der Waals surface area contributed by atoms with E-state index in [1.165, 1.54) is 6.21 Å². The van der Waals surface area contributed by atoms with Crippen molar-refractivity contribution >= 4 is 6.21 Å². The number of allylic oxidation sites excluding steroid dienone is 4. The van der Waals surface area contributed by atoms with E-state index in [1.54, 1.807) is 0 Å². The van der Waals surface area contributed by atoms with Crippen molar-refractivity contribution in [3.8, 4) is 0 Å². The molecule has 0 aliphatic carbocycles. The first-order chi connectivity index (χ1) is 4.85. The molecule has 0 spiro atoms. The van der Waals surface area contributed by atoms with Gasteiger partial charge in [0.1, 0.15) is 0 Å². The monoisotopic (exact) mass is 137 g/mol. The Morgan fingerprint density at radius 2 is 2.20 bits per heavy atom. The number of rotatable bonds is 4. The van der Waals surface area contributed by atoms with E-state index in [0.717, 1.165) is 18.4 Å². The molecule has 0 saturated carbocycles. The van der Waals surface area contributed by atoms with E-state index in [0.29, 0.717) is 0 Å². The average molecular weight is 137 g/mol. The summed E-state index contributed by atoms with van der Waals surface area (Å²) in [5.41, 5.74) is 1.10. The van der Waals surface area contributed by atoms with Gasteiger partial charge in [-0.25, -0.2) is 0 Å². The van der Waals surface area contributed by atoms with Gasteiger partial charge in [-0.2, -0.15) is 0 Å². The van der Waals surface area contributed by atoms with Crippen molar-refractivity contribution in [3.63, 3.8) is 0 Å². The molecule has 1 heteroatoms. The third-order valence-electron chi connectivity index (χ3n) is 1.23. The lowest BCUT2D eigenvalue weighted by atomic mass is 10.1. The highest BCUT2D eigenvalue weighted by molar-refractivity contribution is 5.76. The zero-order chi connectivity index (χ0) is 7.82. The molecule has 1 N–H and O–H groups in total. The Bertz CT molecular complexity index is 143. The zero-order valence-corrected chi connectivity index (χ0v) is 6.72. The maximum Gasteiger partial charge on any atom is 0.0209 e. The summed E-state index contributed by atoms with van der Waals surface area (Å²) in [6.45, 7) is 4.09. The SMILES string of the molecule is CC=CC=C(C=N)CCC. The van der Waals surface area contributed by atoms with Gasteiger partial charge in [-0.3, -0.25) is 0 Å². The van der Waals surface area contributed by atoms with Gasteiger partial charge in [-0.1, -0.05) is 31.6 Å². The molecule has 0 aromatic carbocycles. The molecule has 0 aromatic rings. The maximum atomic E-state index is 7.01. The Morgan fingerprint density at radius 1 is 1.50 bits per heavy atom.